The highest BCUT2D eigenvalue weighted by Crippen LogP contribution is 2.29. The summed E-state index contributed by atoms with van der Waals surface area (Å²) < 4.78 is 17.1. The summed E-state index contributed by atoms with van der Waals surface area (Å²) in [7, 11) is 1.68. The molecular weight excluding hydrogens is 464 g/mol. The Morgan fingerprint density at radius 3 is 2.54 bits per heavy atom. The van der Waals surface area contributed by atoms with E-state index in [0.29, 0.717) is 31.7 Å². The molecule has 2 aliphatic rings. The van der Waals surface area contributed by atoms with E-state index in [2.05, 4.69) is 41.0 Å². The molecule has 0 radical (unpaired) electrons. The highest BCUT2D eigenvalue weighted by Gasteiger charge is 2.26. The van der Waals surface area contributed by atoms with Crippen molar-refractivity contribution in [3.05, 3.63) is 71.3 Å². The SMILES string of the molecule is COc1ccc(COc2cc(N3CCOCC3)nc(N3CCCCCC3Cc3ccccc3C)n2)cc1. The van der Waals surface area contributed by atoms with Crippen LogP contribution in [0, 0.1) is 6.92 Å². The first kappa shape index (κ1) is 25.3. The first-order valence-corrected chi connectivity index (χ1v) is 13.5. The summed E-state index contributed by atoms with van der Waals surface area (Å²) >= 11 is 0. The van der Waals surface area contributed by atoms with Crippen LogP contribution in [0.1, 0.15) is 42.4 Å². The lowest BCUT2D eigenvalue weighted by Crippen LogP contribution is -2.40. The number of hydrogen-bond donors (Lipinski definition) is 0. The molecule has 0 saturated carbocycles. The molecule has 0 aliphatic carbocycles. The largest absolute Gasteiger partial charge is 0.497 e. The minimum atomic E-state index is 0.359. The van der Waals surface area contributed by atoms with Crippen LogP contribution in [0.3, 0.4) is 0 Å². The number of aryl methyl sites for hydroxylation is 1. The average Bonchev–Trinajstić information content (AvgIpc) is 3.19. The fourth-order valence-corrected chi connectivity index (χ4v) is 5.18. The zero-order valence-corrected chi connectivity index (χ0v) is 22.1. The number of hydrogen-bond acceptors (Lipinski definition) is 7. The van der Waals surface area contributed by atoms with Crippen molar-refractivity contribution < 1.29 is 14.2 Å². The highest BCUT2D eigenvalue weighted by molar-refractivity contribution is 5.49. The Kier molecular flexibility index (Phi) is 8.41. The van der Waals surface area contributed by atoms with Crippen molar-refractivity contribution in [3.8, 4) is 11.6 Å². The summed E-state index contributed by atoms with van der Waals surface area (Å²) in [5, 5.41) is 0. The van der Waals surface area contributed by atoms with Gasteiger partial charge in [0.15, 0.2) is 0 Å². The van der Waals surface area contributed by atoms with Crippen LogP contribution in [-0.2, 0) is 17.8 Å². The Hall–Kier alpha value is -3.32. The molecule has 1 atom stereocenters. The van der Waals surface area contributed by atoms with Crippen molar-refractivity contribution in [3.63, 3.8) is 0 Å². The van der Waals surface area contributed by atoms with Crippen LogP contribution in [0.25, 0.3) is 0 Å². The van der Waals surface area contributed by atoms with E-state index < -0.39 is 0 Å². The minimum Gasteiger partial charge on any atom is -0.497 e. The quantitative estimate of drug-likeness (QED) is 0.420. The van der Waals surface area contributed by atoms with Gasteiger partial charge in [-0.2, -0.15) is 9.97 Å². The van der Waals surface area contributed by atoms with E-state index in [1.54, 1.807) is 7.11 Å². The molecule has 2 saturated heterocycles. The Morgan fingerprint density at radius 1 is 0.946 bits per heavy atom. The molecule has 5 rings (SSSR count). The van der Waals surface area contributed by atoms with E-state index in [1.165, 1.54) is 24.0 Å². The number of nitrogens with zero attached hydrogens (tertiary/aromatic N) is 4. The van der Waals surface area contributed by atoms with Gasteiger partial charge in [0.05, 0.1) is 20.3 Å². The number of methoxy groups -OCH3 is 1. The van der Waals surface area contributed by atoms with Gasteiger partial charge >= 0.3 is 0 Å². The third kappa shape index (κ3) is 6.52. The van der Waals surface area contributed by atoms with Crippen molar-refractivity contribution in [1.29, 1.82) is 0 Å². The van der Waals surface area contributed by atoms with E-state index in [-0.39, 0.29) is 0 Å². The smallest absolute Gasteiger partial charge is 0.230 e. The number of rotatable bonds is 8. The zero-order chi connectivity index (χ0) is 25.5. The van der Waals surface area contributed by atoms with Gasteiger partial charge in [0.25, 0.3) is 0 Å². The summed E-state index contributed by atoms with van der Waals surface area (Å²) in [6, 6.07) is 19.0. The molecule has 196 valence electrons. The monoisotopic (exact) mass is 502 g/mol. The van der Waals surface area contributed by atoms with E-state index >= 15 is 0 Å². The highest BCUT2D eigenvalue weighted by atomic mass is 16.5. The molecule has 7 heteroatoms. The molecule has 2 fully saturated rings. The molecule has 0 N–H and O–H groups in total. The van der Waals surface area contributed by atoms with Gasteiger partial charge in [-0.25, -0.2) is 0 Å². The Labute approximate surface area is 220 Å². The number of aromatic nitrogens is 2. The van der Waals surface area contributed by atoms with Crippen LogP contribution in [0.4, 0.5) is 11.8 Å². The fourth-order valence-electron chi connectivity index (χ4n) is 5.18. The second-order valence-corrected chi connectivity index (χ2v) is 9.93. The van der Waals surface area contributed by atoms with E-state index in [1.807, 2.05) is 30.3 Å². The molecule has 3 aromatic rings. The maximum absolute atomic E-state index is 6.26. The topological polar surface area (TPSA) is 60.0 Å². The fraction of sp³-hybridized carbons (Fsp3) is 0.467. The van der Waals surface area contributed by atoms with Gasteiger partial charge in [-0.05, 0) is 55.0 Å². The number of ether oxygens (including phenoxy) is 3. The predicted octanol–water partition coefficient (Wildman–Crippen LogP) is 5.20. The number of benzene rings is 2. The van der Waals surface area contributed by atoms with E-state index in [4.69, 9.17) is 24.2 Å². The van der Waals surface area contributed by atoms with Crippen molar-refractivity contribution in [1.82, 2.24) is 9.97 Å². The van der Waals surface area contributed by atoms with Gasteiger partial charge in [-0.3, -0.25) is 0 Å². The summed E-state index contributed by atoms with van der Waals surface area (Å²) in [4.78, 5) is 14.8. The van der Waals surface area contributed by atoms with Crippen LogP contribution in [0.5, 0.6) is 11.6 Å². The van der Waals surface area contributed by atoms with Gasteiger partial charge in [0.2, 0.25) is 11.8 Å². The van der Waals surface area contributed by atoms with Crippen molar-refractivity contribution >= 4 is 11.8 Å². The standard InChI is InChI=1S/C30H38N4O3/c1-23-8-5-6-9-25(23)20-26-10-4-3-7-15-34(26)30-31-28(33-16-18-36-19-17-33)21-29(32-30)37-22-24-11-13-27(35-2)14-12-24/h5-6,8-9,11-14,21,26H,3-4,7,10,15-20,22H2,1-2H3. The maximum atomic E-state index is 6.26. The lowest BCUT2D eigenvalue weighted by atomic mass is 9.97. The summed E-state index contributed by atoms with van der Waals surface area (Å²) in [5.74, 6) is 3.14. The van der Waals surface area contributed by atoms with Gasteiger partial charge in [0.1, 0.15) is 18.2 Å². The first-order valence-electron chi connectivity index (χ1n) is 13.5. The molecule has 0 bridgehead atoms. The van der Waals surface area contributed by atoms with Crippen LogP contribution in [0.2, 0.25) is 0 Å². The minimum absolute atomic E-state index is 0.359. The third-order valence-corrected chi connectivity index (χ3v) is 7.41. The van der Waals surface area contributed by atoms with Gasteiger partial charge in [-0.15, -0.1) is 0 Å². The average molecular weight is 503 g/mol. The third-order valence-electron chi connectivity index (χ3n) is 7.41. The first-order chi connectivity index (χ1) is 18.2. The molecule has 1 unspecified atom stereocenters. The van der Waals surface area contributed by atoms with E-state index in [9.17, 15) is 0 Å². The molecule has 2 aliphatic heterocycles. The van der Waals surface area contributed by atoms with Crippen molar-refractivity contribution in [2.45, 2.75) is 51.7 Å². The number of morpholine rings is 1. The molecule has 0 amide bonds. The van der Waals surface area contributed by atoms with Gasteiger partial charge in [0, 0.05) is 31.7 Å². The lowest BCUT2D eigenvalue weighted by molar-refractivity contribution is 0.122. The molecule has 1 aromatic heterocycles. The molecule has 7 nitrogen and oxygen atoms in total. The predicted molar refractivity (Wildman–Crippen MR) is 147 cm³/mol. The Morgan fingerprint density at radius 2 is 1.76 bits per heavy atom. The Balaban J connectivity index is 1.43. The second kappa shape index (κ2) is 12.3. The normalized spacial score (nSPS) is 18.4. The maximum Gasteiger partial charge on any atom is 0.230 e. The van der Waals surface area contributed by atoms with Crippen LogP contribution < -0.4 is 19.3 Å². The number of anilines is 2. The van der Waals surface area contributed by atoms with Crippen molar-refractivity contribution in [2.75, 3.05) is 49.8 Å². The second-order valence-electron chi connectivity index (χ2n) is 9.93. The summed E-state index contributed by atoms with van der Waals surface area (Å²) in [5.41, 5.74) is 3.82. The summed E-state index contributed by atoms with van der Waals surface area (Å²) in [6.07, 6.45) is 5.76. The molecule has 3 heterocycles. The molecule has 2 aromatic carbocycles. The zero-order valence-electron chi connectivity index (χ0n) is 22.1. The molecule has 37 heavy (non-hydrogen) atoms. The van der Waals surface area contributed by atoms with Gasteiger partial charge < -0.3 is 24.0 Å². The lowest BCUT2D eigenvalue weighted by Gasteiger charge is -2.33. The van der Waals surface area contributed by atoms with Gasteiger partial charge in [-0.1, -0.05) is 49.2 Å². The molecular formula is C30H38N4O3. The molecule has 0 spiro atoms. The van der Waals surface area contributed by atoms with E-state index in [0.717, 1.165) is 62.0 Å². The Bertz CT molecular complexity index is 1150. The van der Waals surface area contributed by atoms with Crippen LogP contribution >= 0.6 is 0 Å². The van der Waals surface area contributed by atoms with Crippen LogP contribution in [-0.4, -0.2) is 56.0 Å². The summed E-state index contributed by atoms with van der Waals surface area (Å²) in [6.45, 7) is 6.66. The van der Waals surface area contributed by atoms with Crippen molar-refractivity contribution in [2.24, 2.45) is 0 Å². The van der Waals surface area contributed by atoms with Crippen LogP contribution in [0.15, 0.2) is 54.6 Å².